The van der Waals surface area contributed by atoms with Crippen molar-refractivity contribution < 1.29 is 19.5 Å². The van der Waals surface area contributed by atoms with Crippen LogP contribution in [-0.4, -0.2) is 84.4 Å². The molecule has 3 unspecified atom stereocenters. The van der Waals surface area contributed by atoms with E-state index in [1.54, 1.807) is 4.90 Å². The molecule has 0 saturated carbocycles. The number of thiol groups is 1. The summed E-state index contributed by atoms with van der Waals surface area (Å²) in [6.07, 6.45) is 3.41. The van der Waals surface area contributed by atoms with Crippen LogP contribution >= 0.6 is 12.6 Å². The summed E-state index contributed by atoms with van der Waals surface area (Å²) in [5, 5.41) is 27.6. The first-order chi connectivity index (χ1) is 22.9. The molecule has 47 heavy (non-hydrogen) atoms. The number of carbonyl (C=O) groups excluding carboxylic acids is 2. The largest absolute Gasteiger partial charge is 0.480 e. The van der Waals surface area contributed by atoms with E-state index in [2.05, 4.69) is 45.5 Å². The third-order valence-electron chi connectivity index (χ3n) is 8.55. The minimum atomic E-state index is -1.08. The number of amides is 3. The van der Waals surface area contributed by atoms with E-state index in [9.17, 15) is 19.5 Å². The second-order valence-corrected chi connectivity index (χ2v) is 12.3. The summed E-state index contributed by atoms with van der Waals surface area (Å²) in [5.74, 6) is -0.786. The Balaban J connectivity index is 1.29. The van der Waals surface area contributed by atoms with Crippen LogP contribution in [-0.2, 0) is 22.6 Å². The fourth-order valence-corrected chi connectivity index (χ4v) is 6.33. The van der Waals surface area contributed by atoms with E-state index >= 15 is 0 Å². The number of hydrogen-bond acceptors (Lipinski definition) is 7. The number of nitrogens with one attached hydrogen (secondary N) is 2. The van der Waals surface area contributed by atoms with E-state index < -0.39 is 18.1 Å². The zero-order valence-electron chi connectivity index (χ0n) is 26.5. The predicted octanol–water partition coefficient (Wildman–Crippen LogP) is 5.08. The van der Waals surface area contributed by atoms with Gasteiger partial charge in [0.25, 0.3) is 0 Å². The molecule has 3 atom stereocenters. The molecule has 1 aliphatic heterocycles. The van der Waals surface area contributed by atoms with Crippen LogP contribution in [0, 0.1) is 5.92 Å². The first-order valence-electron chi connectivity index (χ1n) is 16.0. The van der Waals surface area contributed by atoms with Crippen molar-refractivity contribution in [3.05, 3.63) is 90.0 Å². The molecule has 3 amide bonds. The lowest BCUT2D eigenvalue weighted by atomic mass is 9.98. The van der Waals surface area contributed by atoms with Crippen LogP contribution in [0.3, 0.4) is 0 Å². The summed E-state index contributed by atoms with van der Waals surface area (Å²) in [5.41, 5.74) is 4.72. The molecule has 0 bridgehead atoms. The van der Waals surface area contributed by atoms with Crippen molar-refractivity contribution >= 4 is 30.5 Å². The van der Waals surface area contributed by atoms with Crippen LogP contribution in [0.4, 0.5) is 4.79 Å². The number of carboxylic acids is 1. The lowest BCUT2D eigenvalue weighted by Gasteiger charge is -2.30. The maximum atomic E-state index is 14.0. The molecular weight excluding hydrogens is 614 g/mol. The molecule has 0 spiro atoms. The highest BCUT2D eigenvalue weighted by Gasteiger charge is 2.42. The number of benzene rings is 3. The number of aromatic nitrogens is 4. The van der Waals surface area contributed by atoms with Gasteiger partial charge >= 0.3 is 12.0 Å². The summed E-state index contributed by atoms with van der Waals surface area (Å²) < 4.78 is 0. The second-order valence-electron chi connectivity index (χ2n) is 11.9. The van der Waals surface area contributed by atoms with Gasteiger partial charge in [-0.1, -0.05) is 98.6 Å². The van der Waals surface area contributed by atoms with Gasteiger partial charge in [0.1, 0.15) is 6.04 Å². The highest BCUT2D eigenvalue weighted by molar-refractivity contribution is 7.80. The number of rotatable bonds is 14. The summed E-state index contributed by atoms with van der Waals surface area (Å²) in [6.45, 7) is 3.05. The van der Waals surface area contributed by atoms with Crippen molar-refractivity contribution in [1.29, 1.82) is 0 Å². The number of carbonyl (C=O) groups is 3. The molecule has 1 fully saturated rings. The first-order valence-corrected chi connectivity index (χ1v) is 16.7. The van der Waals surface area contributed by atoms with Crippen LogP contribution in [0.1, 0.15) is 43.7 Å². The number of carboxylic acid groups (broad SMARTS) is 1. The monoisotopic (exact) mass is 655 g/mol. The average molecular weight is 656 g/mol. The van der Waals surface area contributed by atoms with Crippen molar-refractivity contribution in [3.8, 4) is 22.5 Å². The van der Waals surface area contributed by atoms with Gasteiger partial charge in [0, 0.05) is 43.4 Å². The first kappa shape index (κ1) is 33.6. The zero-order chi connectivity index (χ0) is 33.2. The second kappa shape index (κ2) is 16.2. The molecule has 1 saturated heterocycles. The van der Waals surface area contributed by atoms with E-state index in [-0.39, 0.29) is 30.8 Å². The van der Waals surface area contributed by atoms with E-state index in [1.807, 2.05) is 78.9 Å². The number of aromatic amines is 1. The Hall–Kier alpha value is -4.71. The van der Waals surface area contributed by atoms with E-state index in [1.165, 1.54) is 4.90 Å². The van der Waals surface area contributed by atoms with Crippen LogP contribution < -0.4 is 5.32 Å². The third kappa shape index (κ3) is 8.56. The Labute approximate surface area is 280 Å². The number of aliphatic carboxylic acids is 1. The zero-order valence-corrected chi connectivity index (χ0v) is 27.4. The minimum absolute atomic E-state index is 0.127. The molecule has 11 nitrogen and oxygen atoms in total. The maximum Gasteiger partial charge on any atom is 0.326 e. The highest BCUT2D eigenvalue weighted by atomic mass is 32.1. The SMILES string of the molecule is CCCCCN(Cc1ccc(-c2ccccc2-c2nn[nH]n2)cc1)C(=O)N1CC(NC(=O)C(CS)Cc2ccccc2)CC1C(=O)O. The van der Waals surface area contributed by atoms with Crippen molar-refractivity contribution in [2.45, 2.75) is 57.7 Å². The normalized spacial score (nSPS) is 16.5. The number of tetrazole rings is 1. The lowest BCUT2D eigenvalue weighted by Crippen LogP contribution is -2.49. The van der Waals surface area contributed by atoms with Crippen LogP contribution in [0.25, 0.3) is 22.5 Å². The van der Waals surface area contributed by atoms with Gasteiger partial charge in [0.05, 0.1) is 5.92 Å². The van der Waals surface area contributed by atoms with Gasteiger partial charge in [0.2, 0.25) is 11.7 Å². The fraction of sp³-hybridized carbons (Fsp3) is 0.371. The minimum Gasteiger partial charge on any atom is -0.480 e. The van der Waals surface area contributed by atoms with Crippen molar-refractivity contribution in [2.24, 2.45) is 5.92 Å². The molecule has 3 N–H and O–H groups in total. The van der Waals surface area contributed by atoms with Gasteiger partial charge in [-0.2, -0.15) is 17.8 Å². The third-order valence-corrected chi connectivity index (χ3v) is 8.99. The summed E-state index contributed by atoms with van der Waals surface area (Å²) >= 11 is 4.41. The van der Waals surface area contributed by atoms with E-state index in [4.69, 9.17) is 0 Å². The summed E-state index contributed by atoms with van der Waals surface area (Å²) in [7, 11) is 0. The Morgan fingerprint density at radius 2 is 1.72 bits per heavy atom. The van der Waals surface area contributed by atoms with Gasteiger partial charge in [-0.3, -0.25) is 4.79 Å². The predicted molar refractivity (Wildman–Crippen MR) is 183 cm³/mol. The van der Waals surface area contributed by atoms with Gasteiger partial charge in [-0.05, 0) is 40.3 Å². The van der Waals surface area contributed by atoms with Crippen molar-refractivity contribution in [3.63, 3.8) is 0 Å². The van der Waals surface area contributed by atoms with Gasteiger partial charge in [0.15, 0.2) is 0 Å². The van der Waals surface area contributed by atoms with Gasteiger partial charge < -0.3 is 20.2 Å². The van der Waals surface area contributed by atoms with Crippen LogP contribution in [0.2, 0.25) is 0 Å². The standard InChI is InChI=1S/C35H41N7O4S/c1-2-3-9-18-41(21-25-14-16-26(17-15-25)29-12-7-8-13-30(29)32-37-39-40-38-32)35(46)42-22-28(20-31(42)34(44)45)36-33(43)27(23-47)19-24-10-5-4-6-11-24/h4-8,10-17,27-28,31,47H,2-3,9,18-23H2,1H3,(H,36,43)(H,44,45)(H,37,38,39,40). The Bertz CT molecular complexity index is 1620. The topological polar surface area (TPSA) is 144 Å². The van der Waals surface area contributed by atoms with Gasteiger partial charge in [-0.15, -0.1) is 10.2 Å². The Morgan fingerprint density at radius 1 is 1.00 bits per heavy atom. The number of urea groups is 1. The quantitative estimate of drug-likeness (QED) is 0.110. The molecule has 3 aromatic carbocycles. The molecule has 1 aromatic heterocycles. The lowest BCUT2D eigenvalue weighted by molar-refractivity contribution is -0.141. The van der Waals surface area contributed by atoms with Crippen LogP contribution in [0.15, 0.2) is 78.9 Å². The maximum absolute atomic E-state index is 14.0. The molecule has 2 heterocycles. The number of unbranched alkanes of at least 4 members (excludes halogenated alkanes) is 2. The molecule has 12 heteroatoms. The fourth-order valence-electron chi connectivity index (χ4n) is 6.04. The van der Waals surface area contributed by atoms with Crippen molar-refractivity contribution in [1.82, 2.24) is 35.7 Å². The number of H-pyrrole nitrogens is 1. The highest BCUT2D eigenvalue weighted by Crippen LogP contribution is 2.30. The van der Waals surface area contributed by atoms with Crippen LogP contribution in [0.5, 0.6) is 0 Å². The Kier molecular flexibility index (Phi) is 11.6. The smallest absolute Gasteiger partial charge is 0.326 e. The molecule has 246 valence electrons. The molecule has 0 radical (unpaired) electrons. The van der Waals surface area contributed by atoms with E-state index in [0.29, 0.717) is 31.1 Å². The number of likely N-dealkylation sites (tertiary alicyclic amines) is 1. The molecule has 4 aromatic rings. The average Bonchev–Trinajstić information content (AvgIpc) is 3.78. The molecule has 5 rings (SSSR count). The molecular formula is C35H41N7O4S. The summed E-state index contributed by atoms with van der Waals surface area (Å²) in [4.78, 5) is 42.7. The number of nitrogens with zero attached hydrogens (tertiary/aromatic N) is 5. The van der Waals surface area contributed by atoms with Gasteiger partial charge in [-0.25, -0.2) is 9.59 Å². The summed E-state index contributed by atoms with van der Waals surface area (Å²) in [6, 6.07) is 23.6. The molecule has 0 aliphatic carbocycles. The van der Waals surface area contributed by atoms with E-state index in [0.717, 1.165) is 47.1 Å². The van der Waals surface area contributed by atoms with Crippen molar-refractivity contribution in [2.75, 3.05) is 18.8 Å². The number of hydrogen-bond donors (Lipinski definition) is 4. The molecule has 1 aliphatic rings. The Morgan fingerprint density at radius 3 is 2.38 bits per heavy atom.